The summed E-state index contributed by atoms with van der Waals surface area (Å²) in [5.41, 5.74) is 0.704. The van der Waals surface area contributed by atoms with Crippen molar-refractivity contribution < 1.29 is 9.13 Å². The lowest BCUT2D eigenvalue weighted by atomic mass is 10.2. The zero-order chi connectivity index (χ0) is 13.2. The van der Waals surface area contributed by atoms with E-state index in [1.165, 1.54) is 12.3 Å². The van der Waals surface area contributed by atoms with E-state index >= 15 is 0 Å². The van der Waals surface area contributed by atoms with Crippen molar-refractivity contribution in [3.63, 3.8) is 0 Å². The molecule has 1 aromatic heterocycles. The third-order valence-electron chi connectivity index (χ3n) is 2.62. The summed E-state index contributed by atoms with van der Waals surface area (Å²) in [5.74, 6) is 0.194. The van der Waals surface area contributed by atoms with E-state index < -0.39 is 5.82 Å². The molecule has 0 amide bonds. The highest BCUT2D eigenvalue weighted by Gasteiger charge is 2.09. The highest BCUT2D eigenvalue weighted by atomic mass is 79.9. The predicted molar refractivity (Wildman–Crippen MR) is 73.7 cm³/mol. The van der Waals surface area contributed by atoms with Crippen molar-refractivity contribution in [3.8, 4) is 11.5 Å². The summed E-state index contributed by atoms with van der Waals surface area (Å²) in [6, 6.07) is 11.9. The van der Waals surface area contributed by atoms with Gasteiger partial charge in [-0.05, 0) is 30.3 Å². The molecule has 19 heavy (non-hydrogen) atoms. The van der Waals surface area contributed by atoms with Crippen molar-refractivity contribution in [1.82, 2.24) is 10.2 Å². The Balaban J connectivity index is 2.08. The molecular weight excluding hydrogens is 311 g/mol. The second-order valence-electron chi connectivity index (χ2n) is 3.90. The molecule has 0 atom stereocenters. The lowest BCUT2D eigenvalue weighted by Gasteiger charge is -2.08. The van der Waals surface area contributed by atoms with Crippen LogP contribution in [0.3, 0.4) is 0 Å². The number of hydrogen-bond acceptors (Lipinski definition) is 3. The number of benzene rings is 2. The smallest absolute Gasteiger partial charge is 0.165 e. The Kier molecular flexibility index (Phi) is 3.13. The van der Waals surface area contributed by atoms with Crippen molar-refractivity contribution in [2.24, 2.45) is 0 Å². The molecule has 0 aliphatic carbocycles. The lowest BCUT2D eigenvalue weighted by Crippen LogP contribution is -1.92. The van der Waals surface area contributed by atoms with Gasteiger partial charge in [-0.25, -0.2) is 4.39 Å². The van der Waals surface area contributed by atoms with Gasteiger partial charge in [0, 0.05) is 9.86 Å². The van der Waals surface area contributed by atoms with Crippen LogP contribution in [0.15, 0.2) is 53.1 Å². The van der Waals surface area contributed by atoms with Gasteiger partial charge in [-0.15, -0.1) is 0 Å². The van der Waals surface area contributed by atoms with Crippen LogP contribution in [-0.4, -0.2) is 10.2 Å². The summed E-state index contributed by atoms with van der Waals surface area (Å²) in [6.45, 7) is 0. The van der Waals surface area contributed by atoms with Crippen molar-refractivity contribution in [2.75, 3.05) is 0 Å². The first-order chi connectivity index (χ1) is 9.24. The van der Waals surface area contributed by atoms with E-state index in [4.69, 9.17) is 4.74 Å². The molecule has 0 aliphatic heterocycles. The van der Waals surface area contributed by atoms with E-state index in [2.05, 4.69) is 26.1 Å². The molecule has 0 saturated carbocycles. The standard InChI is InChI=1S/C14H8BrFN2O/c15-9-5-6-11(16)13(7-9)19-14-8-17-18-12-4-2-1-3-10(12)14/h1-8H. The maximum atomic E-state index is 13.7. The summed E-state index contributed by atoms with van der Waals surface area (Å²) >= 11 is 3.28. The highest BCUT2D eigenvalue weighted by Crippen LogP contribution is 2.31. The Morgan fingerprint density at radius 3 is 2.79 bits per heavy atom. The lowest BCUT2D eigenvalue weighted by molar-refractivity contribution is 0.444. The Morgan fingerprint density at radius 2 is 1.89 bits per heavy atom. The van der Waals surface area contributed by atoms with E-state index in [0.29, 0.717) is 11.3 Å². The Bertz CT molecular complexity index is 743. The summed E-state index contributed by atoms with van der Waals surface area (Å²) in [4.78, 5) is 0. The number of ether oxygens (including phenoxy) is 1. The number of fused-ring (bicyclic) bond motifs is 1. The first-order valence-corrected chi connectivity index (χ1v) is 6.37. The van der Waals surface area contributed by atoms with E-state index in [9.17, 15) is 4.39 Å². The van der Waals surface area contributed by atoms with Crippen LogP contribution in [0.1, 0.15) is 0 Å². The SMILES string of the molecule is Fc1ccc(Br)cc1Oc1cnnc2ccccc12. The fourth-order valence-electron chi connectivity index (χ4n) is 1.74. The summed E-state index contributed by atoms with van der Waals surface area (Å²) in [6.07, 6.45) is 1.47. The minimum Gasteiger partial charge on any atom is -0.452 e. The van der Waals surface area contributed by atoms with E-state index in [0.717, 1.165) is 9.86 Å². The Labute approximate surface area is 117 Å². The topological polar surface area (TPSA) is 35.0 Å². The van der Waals surface area contributed by atoms with Gasteiger partial charge >= 0.3 is 0 Å². The average Bonchev–Trinajstić information content (AvgIpc) is 2.43. The number of aromatic nitrogens is 2. The van der Waals surface area contributed by atoms with Crippen LogP contribution in [0.4, 0.5) is 4.39 Å². The van der Waals surface area contributed by atoms with Gasteiger partial charge in [0.25, 0.3) is 0 Å². The van der Waals surface area contributed by atoms with E-state index in [1.54, 1.807) is 12.1 Å². The maximum Gasteiger partial charge on any atom is 0.165 e. The van der Waals surface area contributed by atoms with Crippen molar-refractivity contribution >= 4 is 26.8 Å². The molecule has 0 spiro atoms. The third-order valence-corrected chi connectivity index (χ3v) is 3.12. The Morgan fingerprint density at radius 1 is 1.05 bits per heavy atom. The second-order valence-corrected chi connectivity index (χ2v) is 4.82. The fraction of sp³-hybridized carbons (Fsp3) is 0. The van der Waals surface area contributed by atoms with Crippen LogP contribution in [0, 0.1) is 5.82 Å². The Hall–Kier alpha value is -2.01. The fourth-order valence-corrected chi connectivity index (χ4v) is 2.08. The number of nitrogens with zero attached hydrogens (tertiary/aromatic N) is 2. The first-order valence-electron chi connectivity index (χ1n) is 5.57. The van der Waals surface area contributed by atoms with Crippen LogP contribution >= 0.6 is 15.9 Å². The minimum absolute atomic E-state index is 0.146. The number of halogens is 2. The molecule has 0 bridgehead atoms. The van der Waals surface area contributed by atoms with Gasteiger partial charge < -0.3 is 4.74 Å². The van der Waals surface area contributed by atoms with Crippen LogP contribution in [0.25, 0.3) is 10.9 Å². The van der Waals surface area contributed by atoms with Crippen molar-refractivity contribution in [3.05, 3.63) is 59.0 Å². The van der Waals surface area contributed by atoms with Gasteiger partial charge in [0.05, 0.1) is 11.7 Å². The van der Waals surface area contributed by atoms with Crippen molar-refractivity contribution in [1.29, 1.82) is 0 Å². The molecule has 0 unspecified atom stereocenters. The molecule has 2 aromatic carbocycles. The quantitative estimate of drug-likeness (QED) is 0.705. The predicted octanol–water partition coefficient (Wildman–Crippen LogP) is 4.32. The second kappa shape index (κ2) is 4.93. The molecule has 0 fully saturated rings. The van der Waals surface area contributed by atoms with Gasteiger partial charge in [-0.1, -0.05) is 28.1 Å². The monoisotopic (exact) mass is 318 g/mol. The molecule has 0 aliphatic rings. The molecule has 5 heteroatoms. The number of hydrogen-bond donors (Lipinski definition) is 0. The maximum absolute atomic E-state index is 13.7. The zero-order valence-corrected chi connectivity index (χ0v) is 11.3. The molecule has 0 radical (unpaired) electrons. The molecule has 1 heterocycles. The molecule has 3 aromatic rings. The largest absolute Gasteiger partial charge is 0.452 e. The third kappa shape index (κ3) is 2.42. The summed E-state index contributed by atoms with van der Waals surface area (Å²) in [5, 5.41) is 8.63. The van der Waals surface area contributed by atoms with Gasteiger partial charge in [0.1, 0.15) is 0 Å². The van der Waals surface area contributed by atoms with Gasteiger partial charge in [-0.3, -0.25) is 0 Å². The average molecular weight is 319 g/mol. The summed E-state index contributed by atoms with van der Waals surface area (Å²) < 4.78 is 20.0. The summed E-state index contributed by atoms with van der Waals surface area (Å²) in [7, 11) is 0. The van der Waals surface area contributed by atoms with Crippen LogP contribution in [0.5, 0.6) is 11.5 Å². The zero-order valence-electron chi connectivity index (χ0n) is 9.68. The molecule has 94 valence electrons. The molecule has 3 nitrogen and oxygen atoms in total. The van der Waals surface area contributed by atoms with Gasteiger partial charge in [-0.2, -0.15) is 10.2 Å². The molecule has 0 N–H and O–H groups in total. The van der Waals surface area contributed by atoms with Crippen LogP contribution in [0.2, 0.25) is 0 Å². The molecular formula is C14H8BrFN2O. The van der Waals surface area contributed by atoms with E-state index in [-0.39, 0.29) is 5.75 Å². The normalized spacial score (nSPS) is 10.6. The molecule has 0 saturated heterocycles. The first kappa shape index (κ1) is 12.0. The number of rotatable bonds is 2. The minimum atomic E-state index is -0.427. The van der Waals surface area contributed by atoms with Crippen LogP contribution in [-0.2, 0) is 0 Å². The van der Waals surface area contributed by atoms with Gasteiger partial charge in [0.2, 0.25) is 0 Å². The van der Waals surface area contributed by atoms with Crippen LogP contribution < -0.4 is 4.74 Å². The van der Waals surface area contributed by atoms with Crippen molar-refractivity contribution in [2.45, 2.75) is 0 Å². The molecule has 3 rings (SSSR count). The highest BCUT2D eigenvalue weighted by molar-refractivity contribution is 9.10. The van der Waals surface area contributed by atoms with Gasteiger partial charge in [0.15, 0.2) is 17.3 Å². The van der Waals surface area contributed by atoms with E-state index in [1.807, 2.05) is 24.3 Å².